The number of esters is 1. The molecule has 0 radical (unpaired) electrons. The molecule has 0 bridgehead atoms. The third-order valence-electron chi connectivity index (χ3n) is 8.70. The number of ether oxygens (including phenoxy) is 1. The second kappa shape index (κ2) is 6.79. The lowest BCUT2D eigenvalue weighted by Gasteiger charge is -2.59. The molecule has 1 N–H and O–H groups in total. The monoisotopic (exact) mass is 388 g/mol. The van der Waals surface area contributed by atoms with Crippen molar-refractivity contribution in [2.75, 3.05) is 6.61 Å². The Hall–Kier alpha value is -1.49. The number of aliphatic hydroxyl groups excluding tert-OH is 1. The Morgan fingerprint density at radius 3 is 2.68 bits per heavy atom. The quantitative estimate of drug-likeness (QED) is 0.751. The van der Waals surface area contributed by atoms with Gasteiger partial charge in [-0.15, -0.1) is 0 Å². The molecule has 4 aliphatic rings. The molecule has 7 atom stereocenters. The average Bonchev–Trinajstić information content (AvgIpc) is 2.96. The molecule has 154 valence electrons. The van der Waals surface area contributed by atoms with Gasteiger partial charge in [-0.25, -0.2) is 0 Å². The zero-order chi connectivity index (χ0) is 20.3. The van der Waals surface area contributed by atoms with Crippen LogP contribution in [0.2, 0.25) is 0 Å². The summed E-state index contributed by atoms with van der Waals surface area (Å²) in [5, 5.41) is 11.3. The topological polar surface area (TPSA) is 80.7 Å². The number of carbonyl (C=O) groups excluding carboxylic acids is 3. The predicted molar refractivity (Wildman–Crippen MR) is 103 cm³/mol. The lowest BCUT2D eigenvalue weighted by molar-refractivity contribution is -0.154. The van der Waals surface area contributed by atoms with Crippen LogP contribution in [-0.4, -0.2) is 35.4 Å². The number of ketones is 2. The van der Waals surface area contributed by atoms with E-state index in [1.54, 1.807) is 0 Å². The molecule has 0 aliphatic heterocycles. The largest absolute Gasteiger partial charge is 0.458 e. The van der Waals surface area contributed by atoms with Crippen LogP contribution in [0.15, 0.2) is 11.6 Å². The van der Waals surface area contributed by atoms with Crippen LogP contribution in [-0.2, 0) is 19.1 Å². The molecule has 5 heteroatoms. The number of hydrogen-bond donors (Lipinski definition) is 1. The van der Waals surface area contributed by atoms with E-state index in [-0.39, 0.29) is 40.8 Å². The number of Topliss-reactive ketones (excluding diaryl/α,β-unsaturated/α-hetero) is 1. The van der Waals surface area contributed by atoms with Gasteiger partial charge in [0.05, 0.1) is 6.10 Å². The summed E-state index contributed by atoms with van der Waals surface area (Å²) < 4.78 is 4.98. The maximum absolute atomic E-state index is 12.8. The van der Waals surface area contributed by atoms with Crippen molar-refractivity contribution < 1.29 is 24.2 Å². The Balaban J connectivity index is 1.61. The molecule has 0 aromatic heterocycles. The lowest BCUT2D eigenvalue weighted by Crippen LogP contribution is -2.57. The normalized spacial score (nSPS) is 44.8. The number of rotatable bonds is 3. The van der Waals surface area contributed by atoms with E-state index in [4.69, 9.17) is 4.74 Å². The molecule has 4 aliphatic carbocycles. The Morgan fingerprint density at radius 1 is 1.21 bits per heavy atom. The molecule has 5 nitrogen and oxygen atoms in total. The van der Waals surface area contributed by atoms with E-state index in [1.165, 1.54) is 12.5 Å². The first-order valence-corrected chi connectivity index (χ1v) is 10.7. The van der Waals surface area contributed by atoms with Crippen LogP contribution in [0.4, 0.5) is 0 Å². The Bertz CT molecular complexity index is 739. The fraction of sp³-hybridized carbons (Fsp3) is 0.783. The molecule has 0 amide bonds. The van der Waals surface area contributed by atoms with Crippen molar-refractivity contribution in [1.29, 1.82) is 0 Å². The molecule has 0 unspecified atom stereocenters. The van der Waals surface area contributed by atoms with Crippen LogP contribution in [0, 0.1) is 34.5 Å². The summed E-state index contributed by atoms with van der Waals surface area (Å²) in [5.41, 5.74) is 0.894. The first kappa shape index (κ1) is 19.8. The second-order valence-corrected chi connectivity index (χ2v) is 10.0. The third-order valence-corrected chi connectivity index (χ3v) is 8.70. The molecule has 4 rings (SSSR count). The van der Waals surface area contributed by atoms with E-state index >= 15 is 0 Å². The van der Waals surface area contributed by atoms with Crippen molar-refractivity contribution in [3.63, 3.8) is 0 Å². The summed E-state index contributed by atoms with van der Waals surface area (Å²) in [6, 6.07) is 0. The van der Waals surface area contributed by atoms with Crippen LogP contribution in [0.3, 0.4) is 0 Å². The van der Waals surface area contributed by atoms with Gasteiger partial charge in [-0.05, 0) is 73.2 Å². The van der Waals surface area contributed by atoms with Gasteiger partial charge in [0.2, 0.25) is 0 Å². The summed E-state index contributed by atoms with van der Waals surface area (Å²) in [6.45, 7) is 5.58. The number of allylic oxidation sites excluding steroid dienone is 1. The van der Waals surface area contributed by atoms with Gasteiger partial charge < -0.3 is 9.84 Å². The number of aliphatic hydroxyl groups is 1. The van der Waals surface area contributed by atoms with E-state index in [0.717, 1.165) is 32.1 Å². The highest BCUT2D eigenvalue weighted by Crippen LogP contribution is 2.66. The van der Waals surface area contributed by atoms with Crippen molar-refractivity contribution in [3.05, 3.63) is 11.6 Å². The van der Waals surface area contributed by atoms with E-state index in [9.17, 15) is 19.5 Å². The van der Waals surface area contributed by atoms with Crippen LogP contribution in [0.1, 0.15) is 65.7 Å². The average molecular weight is 389 g/mol. The minimum Gasteiger partial charge on any atom is -0.458 e. The SMILES string of the molecule is CC(=O)OCC(=O)[C@H]1CC[C@H]2[C@@H]3CCC4=CC(=O)CC[C@]4(C)[C@H]3[C@H](O)C[C@]12C. The lowest BCUT2D eigenvalue weighted by atomic mass is 9.46. The maximum atomic E-state index is 12.8. The van der Waals surface area contributed by atoms with Gasteiger partial charge >= 0.3 is 5.97 Å². The van der Waals surface area contributed by atoms with Gasteiger partial charge in [0.1, 0.15) is 6.61 Å². The smallest absolute Gasteiger partial charge is 0.303 e. The first-order chi connectivity index (χ1) is 13.2. The Labute approximate surface area is 166 Å². The number of carbonyl (C=O) groups is 3. The highest BCUT2D eigenvalue weighted by Gasteiger charge is 2.62. The first-order valence-electron chi connectivity index (χ1n) is 10.7. The summed E-state index contributed by atoms with van der Waals surface area (Å²) >= 11 is 0. The number of hydrogen-bond acceptors (Lipinski definition) is 5. The fourth-order valence-electron chi connectivity index (χ4n) is 7.49. The van der Waals surface area contributed by atoms with E-state index < -0.39 is 12.1 Å². The summed E-state index contributed by atoms with van der Waals surface area (Å²) in [5.74, 6) is 0.600. The highest BCUT2D eigenvalue weighted by molar-refractivity contribution is 5.91. The molecule has 28 heavy (non-hydrogen) atoms. The van der Waals surface area contributed by atoms with Crippen molar-refractivity contribution in [1.82, 2.24) is 0 Å². The second-order valence-electron chi connectivity index (χ2n) is 10.0. The summed E-state index contributed by atoms with van der Waals surface area (Å²) in [7, 11) is 0. The highest BCUT2D eigenvalue weighted by atomic mass is 16.5. The molecule has 0 heterocycles. The van der Waals surface area contributed by atoms with Crippen LogP contribution in [0.25, 0.3) is 0 Å². The molecule has 0 aromatic carbocycles. The molecule has 0 aromatic rings. The minimum atomic E-state index is -0.463. The maximum Gasteiger partial charge on any atom is 0.303 e. The minimum absolute atomic E-state index is 0.00304. The van der Waals surface area contributed by atoms with Gasteiger partial charge in [-0.3, -0.25) is 14.4 Å². The molecule has 3 fully saturated rings. The van der Waals surface area contributed by atoms with E-state index in [2.05, 4.69) is 13.8 Å². The van der Waals surface area contributed by atoms with Gasteiger partial charge in [0.25, 0.3) is 0 Å². The zero-order valence-corrected chi connectivity index (χ0v) is 17.2. The van der Waals surface area contributed by atoms with Crippen LogP contribution < -0.4 is 0 Å². The summed E-state index contributed by atoms with van der Waals surface area (Å²) in [6.07, 6.45) is 7.12. The fourth-order valence-corrected chi connectivity index (χ4v) is 7.49. The van der Waals surface area contributed by atoms with Gasteiger partial charge in [-0.2, -0.15) is 0 Å². The van der Waals surface area contributed by atoms with Crippen LogP contribution >= 0.6 is 0 Å². The van der Waals surface area contributed by atoms with Crippen molar-refractivity contribution in [2.45, 2.75) is 71.8 Å². The molecule has 0 saturated heterocycles. The van der Waals surface area contributed by atoms with Gasteiger partial charge in [-0.1, -0.05) is 19.4 Å². The van der Waals surface area contributed by atoms with Crippen LogP contribution in [0.5, 0.6) is 0 Å². The molecular weight excluding hydrogens is 356 g/mol. The Morgan fingerprint density at radius 2 is 1.96 bits per heavy atom. The molecule has 0 spiro atoms. The molecule has 3 saturated carbocycles. The predicted octanol–water partition coefficient (Wildman–Crippen LogP) is 3.24. The number of fused-ring (bicyclic) bond motifs is 5. The summed E-state index contributed by atoms with van der Waals surface area (Å²) in [4.78, 5) is 35.9. The van der Waals surface area contributed by atoms with Crippen molar-refractivity contribution >= 4 is 17.5 Å². The van der Waals surface area contributed by atoms with Gasteiger partial charge in [0.15, 0.2) is 11.6 Å². The Kier molecular flexibility index (Phi) is 4.80. The zero-order valence-electron chi connectivity index (χ0n) is 17.2. The van der Waals surface area contributed by atoms with Crippen molar-refractivity contribution in [3.8, 4) is 0 Å². The van der Waals surface area contributed by atoms with E-state index in [1.807, 2.05) is 6.08 Å². The molecular formula is C23H32O5. The third kappa shape index (κ3) is 2.89. The standard InChI is InChI=1S/C23H32O5/c1-13(24)28-12-20(27)18-7-6-17-16-5-4-14-10-15(25)8-9-22(14,2)21(16)19(26)11-23(17,18)3/h10,16-19,21,26H,4-9,11-12H2,1-3H3/t16-,17-,18+,19+,21+,22-,23-/m0/s1. The van der Waals surface area contributed by atoms with E-state index in [0.29, 0.717) is 24.7 Å². The van der Waals surface area contributed by atoms with Gasteiger partial charge in [0, 0.05) is 19.3 Å². The van der Waals surface area contributed by atoms with Crippen molar-refractivity contribution in [2.24, 2.45) is 34.5 Å².